The van der Waals surface area contributed by atoms with E-state index in [1.54, 1.807) is 18.4 Å². The molecular formula is C21H32N4O2S. The van der Waals surface area contributed by atoms with Gasteiger partial charge in [-0.1, -0.05) is 6.07 Å². The van der Waals surface area contributed by atoms with Crippen LogP contribution in [-0.2, 0) is 12.8 Å². The minimum atomic E-state index is 0.624. The minimum Gasteiger partial charge on any atom is -0.490 e. The summed E-state index contributed by atoms with van der Waals surface area (Å²) in [4.78, 5) is 8.78. The van der Waals surface area contributed by atoms with E-state index in [2.05, 4.69) is 38.1 Å². The second-order valence-corrected chi connectivity index (χ2v) is 7.25. The summed E-state index contributed by atoms with van der Waals surface area (Å²) < 4.78 is 11.3. The summed E-state index contributed by atoms with van der Waals surface area (Å²) in [6.07, 6.45) is 2.91. The van der Waals surface area contributed by atoms with Crippen molar-refractivity contribution in [1.29, 1.82) is 0 Å². The van der Waals surface area contributed by atoms with Gasteiger partial charge in [0.1, 0.15) is 0 Å². The highest BCUT2D eigenvalue weighted by atomic mass is 32.1. The first kappa shape index (κ1) is 22.0. The van der Waals surface area contributed by atoms with E-state index in [4.69, 9.17) is 9.47 Å². The molecule has 0 saturated heterocycles. The number of aromatic nitrogens is 1. The Kier molecular flexibility index (Phi) is 9.62. The number of aryl methyl sites for hydroxylation is 2. The van der Waals surface area contributed by atoms with Gasteiger partial charge in [0.2, 0.25) is 0 Å². The number of benzene rings is 1. The number of aliphatic imine (C=N–C) groups is 1. The van der Waals surface area contributed by atoms with Crippen molar-refractivity contribution in [2.24, 2.45) is 4.99 Å². The molecule has 2 aromatic rings. The Labute approximate surface area is 172 Å². The van der Waals surface area contributed by atoms with Crippen molar-refractivity contribution in [1.82, 2.24) is 15.6 Å². The summed E-state index contributed by atoms with van der Waals surface area (Å²) in [5.74, 6) is 2.43. The predicted octanol–water partition coefficient (Wildman–Crippen LogP) is 3.59. The maximum absolute atomic E-state index is 5.70. The zero-order valence-corrected chi connectivity index (χ0v) is 18.2. The van der Waals surface area contributed by atoms with Gasteiger partial charge in [0.25, 0.3) is 0 Å². The molecule has 6 nitrogen and oxygen atoms in total. The third-order valence-corrected chi connectivity index (χ3v) is 5.09. The molecule has 28 heavy (non-hydrogen) atoms. The Balaban J connectivity index is 1.73. The number of guanidine groups is 1. The average Bonchev–Trinajstić information content (AvgIpc) is 3.11. The smallest absolute Gasteiger partial charge is 0.190 e. The van der Waals surface area contributed by atoms with E-state index < -0.39 is 0 Å². The van der Waals surface area contributed by atoms with E-state index >= 15 is 0 Å². The molecule has 1 heterocycles. The SMILES string of the molecule is CCOc1ccc(CCNC(=NC)NCCCc2nc(C)cs2)cc1OCC. The van der Waals surface area contributed by atoms with E-state index in [1.165, 1.54) is 10.6 Å². The van der Waals surface area contributed by atoms with Crippen LogP contribution in [0.1, 0.15) is 36.5 Å². The zero-order valence-electron chi connectivity index (χ0n) is 17.4. The third-order valence-electron chi connectivity index (χ3n) is 4.06. The predicted molar refractivity (Wildman–Crippen MR) is 117 cm³/mol. The first-order valence-electron chi connectivity index (χ1n) is 9.90. The summed E-state index contributed by atoms with van der Waals surface area (Å²) in [5, 5.41) is 10.0. The quantitative estimate of drug-likeness (QED) is 0.340. The van der Waals surface area contributed by atoms with E-state index in [1.807, 2.05) is 26.8 Å². The lowest BCUT2D eigenvalue weighted by molar-refractivity contribution is 0.287. The van der Waals surface area contributed by atoms with Crippen LogP contribution in [0.2, 0.25) is 0 Å². The van der Waals surface area contributed by atoms with Crippen LogP contribution >= 0.6 is 11.3 Å². The molecule has 0 radical (unpaired) electrons. The lowest BCUT2D eigenvalue weighted by Crippen LogP contribution is -2.38. The molecule has 2 rings (SSSR count). The minimum absolute atomic E-state index is 0.624. The zero-order chi connectivity index (χ0) is 20.2. The van der Waals surface area contributed by atoms with Crippen LogP contribution < -0.4 is 20.1 Å². The molecule has 0 bridgehead atoms. The number of hydrogen-bond acceptors (Lipinski definition) is 5. The van der Waals surface area contributed by atoms with Crippen LogP contribution in [0.3, 0.4) is 0 Å². The third kappa shape index (κ3) is 7.38. The van der Waals surface area contributed by atoms with Crippen molar-refractivity contribution in [3.8, 4) is 11.5 Å². The lowest BCUT2D eigenvalue weighted by atomic mass is 10.1. The van der Waals surface area contributed by atoms with Crippen molar-refractivity contribution in [2.75, 3.05) is 33.4 Å². The molecule has 154 valence electrons. The largest absolute Gasteiger partial charge is 0.490 e. The fourth-order valence-electron chi connectivity index (χ4n) is 2.76. The highest BCUT2D eigenvalue weighted by molar-refractivity contribution is 7.09. The van der Waals surface area contributed by atoms with Gasteiger partial charge in [-0.15, -0.1) is 11.3 Å². The normalized spacial score (nSPS) is 11.4. The maximum atomic E-state index is 5.70. The van der Waals surface area contributed by atoms with Gasteiger partial charge in [-0.25, -0.2) is 4.98 Å². The molecule has 0 aliphatic rings. The Morgan fingerprint density at radius 1 is 1.07 bits per heavy atom. The van der Waals surface area contributed by atoms with Gasteiger partial charge < -0.3 is 20.1 Å². The number of thiazole rings is 1. The molecule has 1 aromatic carbocycles. The van der Waals surface area contributed by atoms with Gasteiger partial charge in [0, 0.05) is 37.6 Å². The molecular weight excluding hydrogens is 372 g/mol. The lowest BCUT2D eigenvalue weighted by Gasteiger charge is -2.14. The van der Waals surface area contributed by atoms with Gasteiger partial charge in [0.05, 0.1) is 18.2 Å². The van der Waals surface area contributed by atoms with Gasteiger partial charge in [0.15, 0.2) is 17.5 Å². The van der Waals surface area contributed by atoms with Crippen LogP contribution in [0.15, 0.2) is 28.6 Å². The molecule has 0 fully saturated rings. The maximum Gasteiger partial charge on any atom is 0.190 e. The summed E-state index contributed by atoms with van der Waals surface area (Å²) in [5.41, 5.74) is 2.31. The summed E-state index contributed by atoms with van der Waals surface area (Å²) >= 11 is 1.73. The van der Waals surface area contributed by atoms with Crippen LogP contribution in [0, 0.1) is 6.92 Å². The molecule has 1 aromatic heterocycles. The molecule has 0 saturated carbocycles. The summed E-state index contributed by atoms with van der Waals surface area (Å²) in [6, 6.07) is 6.13. The van der Waals surface area contributed by atoms with Crippen LogP contribution in [0.4, 0.5) is 0 Å². The monoisotopic (exact) mass is 404 g/mol. The van der Waals surface area contributed by atoms with Gasteiger partial charge in [-0.05, 0) is 51.3 Å². The fourth-order valence-corrected chi connectivity index (χ4v) is 3.58. The van der Waals surface area contributed by atoms with Crippen molar-refractivity contribution in [2.45, 2.75) is 40.0 Å². The Morgan fingerprint density at radius 2 is 1.82 bits per heavy atom. The molecule has 7 heteroatoms. The van der Waals surface area contributed by atoms with E-state index in [0.717, 1.165) is 55.5 Å². The average molecular weight is 405 g/mol. The Bertz CT molecular complexity index is 746. The fraction of sp³-hybridized carbons (Fsp3) is 0.524. The number of hydrogen-bond donors (Lipinski definition) is 2. The van der Waals surface area contributed by atoms with Crippen LogP contribution in [0.25, 0.3) is 0 Å². The molecule has 0 aliphatic heterocycles. The Morgan fingerprint density at radius 3 is 2.50 bits per heavy atom. The number of rotatable bonds is 11. The number of ether oxygens (including phenoxy) is 2. The summed E-state index contributed by atoms with van der Waals surface area (Å²) in [7, 11) is 1.80. The molecule has 2 N–H and O–H groups in total. The van der Waals surface area contributed by atoms with E-state index in [-0.39, 0.29) is 0 Å². The van der Waals surface area contributed by atoms with E-state index in [9.17, 15) is 0 Å². The second-order valence-electron chi connectivity index (χ2n) is 6.31. The topological polar surface area (TPSA) is 67.8 Å². The molecule has 0 unspecified atom stereocenters. The van der Waals surface area contributed by atoms with Gasteiger partial charge in [-0.2, -0.15) is 0 Å². The molecule has 0 amide bonds. The standard InChI is InChI=1S/C21H32N4O2S/c1-5-26-18-10-9-17(14-19(18)27-6-2)11-13-24-21(22-4)23-12-7-8-20-25-16(3)15-28-20/h9-10,14-15H,5-8,11-13H2,1-4H3,(H2,22,23,24). The van der Waals surface area contributed by atoms with Crippen molar-refractivity contribution in [3.05, 3.63) is 39.8 Å². The first-order chi connectivity index (χ1) is 13.7. The molecule has 0 spiro atoms. The van der Waals surface area contributed by atoms with Crippen LogP contribution in [-0.4, -0.2) is 44.3 Å². The van der Waals surface area contributed by atoms with Gasteiger partial charge in [-0.3, -0.25) is 4.99 Å². The van der Waals surface area contributed by atoms with Crippen molar-refractivity contribution >= 4 is 17.3 Å². The first-order valence-corrected chi connectivity index (χ1v) is 10.8. The number of nitrogens with zero attached hydrogens (tertiary/aromatic N) is 2. The highest BCUT2D eigenvalue weighted by Gasteiger charge is 2.06. The van der Waals surface area contributed by atoms with Crippen molar-refractivity contribution in [3.63, 3.8) is 0 Å². The molecule has 0 atom stereocenters. The second kappa shape index (κ2) is 12.2. The molecule has 0 aliphatic carbocycles. The van der Waals surface area contributed by atoms with Crippen LogP contribution in [0.5, 0.6) is 11.5 Å². The Hall–Kier alpha value is -2.28. The van der Waals surface area contributed by atoms with Gasteiger partial charge >= 0.3 is 0 Å². The highest BCUT2D eigenvalue weighted by Crippen LogP contribution is 2.28. The summed E-state index contributed by atoms with van der Waals surface area (Å²) in [6.45, 7) is 8.91. The van der Waals surface area contributed by atoms with E-state index in [0.29, 0.717) is 13.2 Å². The van der Waals surface area contributed by atoms with Crippen molar-refractivity contribution < 1.29 is 9.47 Å². The number of nitrogens with one attached hydrogen (secondary N) is 2.